The van der Waals surface area contributed by atoms with E-state index in [0.29, 0.717) is 5.71 Å². The van der Waals surface area contributed by atoms with E-state index < -0.39 is 6.04 Å². The van der Waals surface area contributed by atoms with Crippen molar-refractivity contribution in [3.8, 4) is 0 Å². The molecule has 1 aliphatic carbocycles. The van der Waals surface area contributed by atoms with Crippen molar-refractivity contribution in [3.05, 3.63) is 36.4 Å². The van der Waals surface area contributed by atoms with Crippen molar-refractivity contribution in [2.45, 2.75) is 31.4 Å². The first-order valence-corrected chi connectivity index (χ1v) is 8.14. The highest BCUT2D eigenvalue weighted by Crippen LogP contribution is 2.34. The summed E-state index contributed by atoms with van der Waals surface area (Å²) < 4.78 is 3.76. The number of nitrogens with zero attached hydrogens (tertiary/aromatic N) is 5. The number of carbonyl (C=O) groups excluding carboxylic acids is 1. The Labute approximate surface area is 139 Å². The van der Waals surface area contributed by atoms with E-state index in [4.69, 9.17) is 4.84 Å². The molecule has 1 amide bonds. The van der Waals surface area contributed by atoms with Gasteiger partial charge in [0.25, 0.3) is 5.91 Å². The van der Waals surface area contributed by atoms with Crippen LogP contribution < -0.4 is 5.32 Å². The molecule has 126 valence electrons. The lowest BCUT2D eigenvalue weighted by Crippen LogP contribution is -2.39. The van der Waals surface area contributed by atoms with E-state index in [9.17, 15) is 4.79 Å². The van der Waals surface area contributed by atoms with Crippen molar-refractivity contribution in [1.29, 1.82) is 0 Å². The van der Waals surface area contributed by atoms with Crippen LogP contribution in [0.3, 0.4) is 0 Å². The number of aryl methyl sites for hydroxylation is 2. The summed E-state index contributed by atoms with van der Waals surface area (Å²) in [7, 11) is 3.79. The zero-order chi connectivity index (χ0) is 16.7. The summed E-state index contributed by atoms with van der Waals surface area (Å²) in [5.74, 6) is 1.34. The van der Waals surface area contributed by atoms with Crippen LogP contribution in [0.4, 0.5) is 0 Å². The number of aromatic nitrogens is 4. The van der Waals surface area contributed by atoms with Crippen LogP contribution in [0.5, 0.6) is 0 Å². The summed E-state index contributed by atoms with van der Waals surface area (Å²) >= 11 is 0. The largest absolute Gasteiger partial charge is 0.391 e. The molecule has 0 unspecified atom stereocenters. The molecule has 2 aromatic rings. The number of carbonyl (C=O) groups is 1. The van der Waals surface area contributed by atoms with Crippen molar-refractivity contribution in [2.75, 3.05) is 0 Å². The van der Waals surface area contributed by atoms with Gasteiger partial charge in [0.05, 0.1) is 0 Å². The first kappa shape index (κ1) is 14.9. The van der Waals surface area contributed by atoms with Crippen LogP contribution >= 0.6 is 0 Å². The predicted octanol–water partition coefficient (Wildman–Crippen LogP) is 0.914. The van der Waals surface area contributed by atoms with Crippen molar-refractivity contribution in [3.63, 3.8) is 0 Å². The second kappa shape index (κ2) is 5.77. The van der Waals surface area contributed by atoms with Gasteiger partial charge in [-0.15, -0.1) is 0 Å². The fourth-order valence-corrected chi connectivity index (χ4v) is 3.53. The smallest absolute Gasteiger partial charge is 0.270 e. The molecule has 0 radical (unpaired) electrons. The van der Waals surface area contributed by atoms with Crippen LogP contribution in [-0.2, 0) is 23.7 Å². The minimum atomic E-state index is -0.444. The summed E-state index contributed by atoms with van der Waals surface area (Å²) in [6, 6.07) is -0.444. The Kier molecular flexibility index (Phi) is 3.59. The van der Waals surface area contributed by atoms with E-state index in [1.165, 1.54) is 0 Å². The molecule has 2 atom stereocenters. The van der Waals surface area contributed by atoms with Gasteiger partial charge >= 0.3 is 0 Å². The molecule has 0 saturated heterocycles. The first-order valence-electron chi connectivity index (χ1n) is 8.14. The van der Waals surface area contributed by atoms with E-state index in [0.717, 1.165) is 30.9 Å². The van der Waals surface area contributed by atoms with E-state index in [-0.39, 0.29) is 17.9 Å². The van der Waals surface area contributed by atoms with Crippen molar-refractivity contribution in [1.82, 2.24) is 24.4 Å². The fraction of sp³-hybridized carbons (Fsp3) is 0.500. The maximum absolute atomic E-state index is 12.8. The summed E-state index contributed by atoms with van der Waals surface area (Å²) in [6.07, 6.45) is 10.2. The van der Waals surface area contributed by atoms with Gasteiger partial charge in [0.1, 0.15) is 23.8 Å². The van der Waals surface area contributed by atoms with Gasteiger partial charge in [-0.3, -0.25) is 4.79 Å². The van der Waals surface area contributed by atoms with E-state index in [2.05, 4.69) is 20.4 Å². The average molecular weight is 328 g/mol. The molecule has 1 saturated carbocycles. The third kappa shape index (κ3) is 2.38. The number of imidazole rings is 2. The minimum absolute atomic E-state index is 0.0607. The van der Waals surface area contributed by atoms with Crippen molar-refractivity contribution < 1.29 is 9.63 Å². The van der Waals surface area contributed by atoms with Crippen LogP contribution in [0.1, 0.15) is 37.0 Å². The topological polar surface area (TPSA) is 86.3 Å². The molecule has 0 aromatic carbocycles. The normalized spacial score (nSPS) is 22.4. The van der Waals surface area contributed by atoms with E-state index in [1.54, 1.807) is 12.4 Å². The molecular weight excluding hydrogens is 308 g/mol. The predicted molar refractivity (Wildman–Crippen MR) is 86.1 cm³/mol. The number of rotatable bonds is 4. The maximum atomic E-state index is 12.8. The standard InChI is InChI=1S/C16H20N6O2/c1-21-8-6-17-14(21)13(15-18-7-9-22(15)2)19-16(23)12-10-4-3-5-11(10)24-20-12/h6-11,13H,3-5H2,1-2H3,(H,19,23)/t10-,11+/m0/s1. The van der Waals surface area contributed by atoms with Crippen LogP contribution in [0.2, 0.25) is 0 Å². The zero-order valence-electron chi connectivity index (χ0n) is 13.7. The zero-order valence-corrected chi connectivity index (χ0v) is 13.7. The Bertz CT molecular complexity index is 752. The SMILES string of the molecule is Cn1ccnc1C(NC(=O)C1=NO[C@@H]2CCC[C@H]12)c1nccn1C. The van der Waals surface area contributed by atoms with Gasteiger partial charge in [-0.05, 0) is 19.3 Å². The Balaban J connectivity index is 1.62. The number of amides is 1. The van der Waals surface area contributed by atoms with Gasteiger partial charge in [0, 0.05) is 44.8 Å². The van der Waals surface area contributed by atoms with Crippen molar-refractivity contribution >= 4 is 11.6 Å². The van der Waals surface area contributed by atoms with Crippen LogP contribution in [0.25, 0.3) is 0 Å². The number of fused-ring (bicyclic) bond motifs is 1. The molecule has 24 heavy (non-hydrogen) atoms. The summed E-state index contributed by atoms with van der Waals surface area (Å²) in [5.41, 5.74) is 0.492. The van der Waals surface area contributed by atoms with E-state index in [1.807, 2.05) is 35.6 Å². The Morgan fingerprint density at radius 1 is 1.21 bits per heavy atom. The fourth-order valence-electron chi connectivity index (χ4n) is 3.53. The van der Waals surface area contributed by atoms with Crippen LogP contribution in [0, 0.1) is 5.92 Å². The number of nitrogens with one attached hydrogen (secondary N) is 1. The minimum Gasteiger partial charge on any atom is -0.391 e. The number of hydrogen-bond acceptors (Lipinski definition) is 5. The number of hydrogen-bond donors (Lipinski definition) is 1. The van der Waals surface area contributed by atoms with Gasteiger partial charge in [0.2, 0.25) is 0 Å². The molecule has 1 aliphatic heterocycles. The maximum Gasteiger partial charge on any atom is 0.270 e. The molecule has 2 aromatic heterocycles. The molecule has 3 heterocycles. The summed E-state index contributed by atoms with van der Waals surface area (Å²) in [4.78, 5) is 27.0. The lowest BCUT2D eigenvalue weighted by molar-refractivity contribution is -0.115. The third-order valence-electron chi connectivity index (χ3n) is 4.83. The number of oxime groups is 1. The molecular formula is C16H20N6O2. The van der Waals surface area contributed by atoms with Gasteiger partial charge in [-0.1, -0.05) is 5.16 Å². The monoisotopic (exact) mass is 328 g/mol. The molecule has 2 aliphatic rings. The van der Waals surface area contributed by atoms with Gasteiger partial charge in [-0.25, -0.2) is 9.97 Å². The highest BCUT2D eigenvalue weighted by molar-refractivity contribution is 6.40. The Hall–Kier alpha value is -2.64. The molecule has 8 heteroatoms. The molecule has 4 rings (SSSR count). The second-order valence-corrected chi connectivity index (χ2v) is 6.36. The van der Waals surface area contributed by atoms with Crippen LogP contribution in [0.15, 0.2) is 29.9 Å². The molecule has 8 nitrogen and oxygen atoms in total. The molecule has 1 N–H and O–H groups in total. The Morgan fingerprint density at radius 2 is 1.88 bits per heavy atom. The molecule has 0 bridgehead atoms. The van der Waals surface area contributed by atoms with E-state index >= 15 is 0 Å². The quantitative estimate of drug-likeness (QED) is 0.904. The highest BCUT2D eigenvalue weighted by Gasteiger charge is 2.42. The summed E-state index contributed by atoms with van der Waals surface area (Å²) in [5, 5.41) is 7.07. The van der Waals surface area contributed by atoms with Gasteiger partial charge in [0.15, 0.2) is 5.71 Å². The van der Waals surface area contributed by atoms with Gasteiger partial charge in [-0.2, -0.15) is 0 Å². The second-order valence-electron chi connectivity index (χ2n) is 6.36. The van der Waals surface area contributed by atoms with Crippen LogP contribution in [-0.4, -0.2) is 36.8 Å². The lowest BCUT2D eigenvalue weighted by Gasteiger charge is -2.19. The first-order chi connectivity index (χ1) is 11.6. The third-order valence-corrected chi connectivity index (χ3v) is 4.83. The van der Waals surface area contributed by atoms with Crippen molar-refractivity contribution in [2.24, 2.45) is 25.2 Å². The molecule has 0 spiro atoms. The van der Waals surface area contributed by atoms with Gasteiger partial charge < -0.3 is 19.3 Å². The lowest BCUT2D eigenvalue weighted by atomic mass is 9.99. The highest BCUT2D eigenvalue weighted by atomic mass is 16.6. The Morgan fingerprint density at radius 3 is 2.46 bits per heavy atom. The average Bonchev–Trinajstić information content (AvgIpc) is 3.29. The summed E-state index contributed by atoms with van der Waals surface area (Å²) in [6.45, 7) is 0. The molecule has 1 fully saturated rings.